The van der Waals surface area contributed by atoms with Crippen molar-refractivity contribution in [2.24, 2.45) is 0 Å². The maximum absolute atomic E-state index is 10.8. The van der Waals surface area contributed by atoms with Crippen molar-refractivity contribution in [3.8, 4) is 11.1 Å². The maximum Gasteiger partial charge on any atom is 0.150 e. The predicted molar refractivity (Wildman–Crippen MR) is 74.8 cm³/mol. The van der Waals surface area contributed by atoms with Gasteiger partial charge >= 0.3 is 0 Å². The highest BCUT2D eigenvalue weighted by molar-refractivity contribution is 5.98. The van der Waals surface area contributed by atoms with Crippen LogP contribution in [0.3, 0.4) is 0 Å². The number of fused-ring (bicyclic) bond motifs is 1. The van der Waals surface area contributed by atoms with Crippen molar-refractivity contribution in [3.05, 3.63) is 72.3 Å². The zero-order valence-corrected chi connectivity index (χ0v) is 9.84. The summed E-state index contributed by atoms with van der Waals surface area (Å²) < 4.78 is 0. The highest BCUT2D eigenvalue weighted by Crippen LogP contribution is 2.28. The van der Waals surface area contributed by atoms with Crippen LogP contribution in [0.4, 0.5) is 0 Å². The molecule has 0 unspecified atom stereocenters. The number of carbonyl (C=O) groups excluding carboxylic acids is 1. The SMILES string of the molecule is O=Cc1ccc2c(-c3ccccc3)cccc2c1. The molecule has 1 nitrogen and oxygen atoms in total. The van der Waals surface area contributed by atoms with Crippen LogP contribution in [0.1, 0.15) is 10.4 Å². The van der Waals surface area contributed by atoms with Crippen LogP contribution in [0.5, 0.6) is 0 Å². The van der Waals surface area contributed by atoms with E-state index in [4.69, 9.17) is 0 Å². The summed E-state index contributed by atoms with van der Waals surface area (Å²) in [5, 5.41) is 2.27. The Morgan fingerprint density at radius 1 is 0.778 bits per heavy atom. The molecule has 0 saturated heterocycles. The molecule has 0 aliphatic carbocycles. The van der Waals surface area contributed by atoms with Crippen LogP contribution in [0.2, 0.25) is 0 Å². The second-order valence-electron chi connectivity index (χ2n) is 4.27. The normalized spacial score (nSPS) is 10.4. The van der Waals surface area contributed by atoms with Crippen molar-refractivity contribution in [1.82, 2.24) is 0 Å². The first-order valence-corrected chi connectivity index (χ1v) is 5.92. The fourth-order valence-electron chi connectivity index (χ4n) is 2.24. The smallest absolute Gasteiger partial charge is 0.150 e. The Morgan fingerprint density at radius 3 is 2.39 bits per heavy atom. The summed E-state index contributed by atoms with van der Waals surface area (Å²) in [5.41, 5.74) is 3.11. The van der Waals surface area contributed by atoms with Crippen molar-refractivity contribution < 1.29 is 4.79 Å². The van der Waals surface area contributed by atoms with E-state index < -0.39 is 0 Å². The largest absolute Gasteiger partial charge is 0.298 e. The van der Waals surface area contributed by atoms with Gasteiger partial charge in [-0.05, 0) is 28.0 Å². The van der Waals surface area contributed by atoms with E-state index in [1.807, 2.05) is 48.5 Å². The molecule has 0 saturated carbocycles. The second-order valence-corrected chi connectivity index (χ2v) is 4.27. The summed E-state index contributed by atoms with van der Waals surface area (Å²) in [6, 6.07) is 22.3. The van der Waals surface area contributed by atoms with Crippen LogP contribution in [0.25, 0.3) is 21.9 Å². The molecule has 0 fully saturated rings. The lowest BCUT2D eigenvalue weighted by atomic mass is 9.97. The average Bonchev–Trinajstić information content (AvgIpc) is 2.47. The fourth-order valence-corrected chi connectivity index (χ4v) is 2.24. The van der Waals surface area contributed by atoms with Gasteiger partial charge in [-0.15, -0.1) is 0 Å². The van der Waals surface area contributed by atoms with Crippen LogP contribution < -0.4 is 0 Å². The molecule has 0 aromatic heterocycles. The number of hydrogen-bond donors (Lipinski definition) is 0. The highest BCUT2D eigenvalue weighted by Gasteiger charge is 2.03. The number of hydrogen-bond acceptors (Lipinski definition) is 1. The van der Waals surface area contributed by atoms with Crippen molar-refractivity contribution in [2.75, 3.05) is 0 Å². The Morgan fingerprint density at radius 2 is 1.61 bits per heavy atom. The molecule has 0 amide bonds. The van der Waals surface area contributed by atoms with Gasteiger partial charge in [0.25, 0.3) is 0 Å². The van der Waals surface area contributed by atoms with Crippen molar-refractivity contribution in [2.45, 2.75) is 0 Å². The molecule has 86 valence electrons. The van der Waals surface area contributed by atoms with Crippen LogP contribution in [0.15, 0.2) is 66.7 Å². The average molecular weight is 232 g/mol. The molecule has 3 aromatic rings. The Kier molecular flexibility index (Phi) is 2.66. The summed E-state index contributed by atoms with van der Waals surface area (Å²) in [7, 11) is 0. The van der Waals surface area contributed by atoms with E-state index in [-0.39, 0.29) is 0 Å². The fraction of sp³-hybridized carbons (Fsp3) is 0. The highest BCUT2D eigenvalue weighted by atomic mass is 16.1. The maximum atomic E-state index is 10.8. The Bertz CT molecular complexity index is 699. The Balaban J connectivity index is 2.28. The Hall–Kier alpha value is -2.41. The van der Waals surface area contributed by atoms with Gasteiger partial charge in [0.1, 0.15) is 6.29 Å². The molecule has 0 atom stereocenters. The lowest BCUT2D eigenvalue weighted by Gasteiger charge is -2.07. The molecule has 18 heavy (non-hydrogen) atoms. The van der Waals surface area contributed by atoms with Gasteiger partial charge in [-0.25, -0.2) is 0 Å². The van der Waals surface area contributed by atoms with Gasteiger partial charge in [0.2, 0.25) is 0 Å². The summed E-state index contributed by atoms with van der Waals surface area (Å²) in [5.74, 6) is 0. The molecule has 0 radical (unpaired) electrons. The predicted octanol–water partition coefficient (Wildman–Crippen LogP) is 4.32. The topological polar surface area (TPSA) is 17.1 Å². The minimum Gasteiger partial charge on any atom is -0.298 e. The van der Waals surface area contributed by atoms with Gasteiger partial charge in [-0.1, -0.05) is 60.7 Å². The minimum atomic E-state index is 0.715. The van der Waals surface area contributed by atoms with Crippen molar-refractivity contribution in [1.29, 1.82) is 0 Å². The lowest BCUT2D eigenvalue weighted by molar-refractivity contribution is 0.112. The van der Waals surface area contributed by atoms with E-state index in [1.165, 1.54) is 16.5 Å². The first kappa shape index (κ1) is 10.7. The molecule has 0 bridgehead atoms. The summed E-state index contributed by atoms with van der Waals surface area (Å²) in [6.07, 6.45) is 0.884. The number of rotatable bonds is 2. The molecule has 1 heteroatoms. The van der Waals surface area contributed by atoms with Crippen molar-refractivity contribution >= 4 is 17.1 Å². The first-order chi connectivity index (χ1) is 8.88. The molecule has 0 spiro atoms. The molecule has 3 rings (SSSR count). The van der Waals surface area contributed by atoms with Crippen LogP contribution in [-0.4, -0.2) is 6.29 Å². The van der Waals surface area contributed by atoms with Crippen LogP contribution >= 0.6 is 0 Å². The lowest BCUT2D eigenvalue weighted by Crippen LogP contribution is -1.84. The van der Waals surface area contributed by atoms with E-state index in [2.05, 4.69) is 18.2 Å². The first-order valence-electron chi connectivity index (χ1n) is 5.92. The van der Waals surface area contributed by atoms with E-state index in [1.54, 1.807) is 0 Å². The number of aldehydes is 1. The van der Waals surface area contributed by atoms with Crippen LogP contribution in [-0.2, 0) is 0 Å². The molecular weight excluding hydrogens is 220 g/mol. The van der Waals surface area contributed by atoms with E-state index >= 15 is 0 Å². The second kappa shape index (κ2) is 4.46. The van der Waals surface area contributed by atoms with Gasteiger partial charge in [-0.3, -0.25) is 4.79 Å². The van der Waals surface area contributed by atoms with Crippen molar-refractivity contribution in [3.63, 3.8) is 0 Å². The Labute approximate surface area is 106 Å². The molecular formula is C17H12O. The van der Waals surface area contributed by atoms with Gasteiger partial charge in [-0.2, -0.15) is 0 Å². The standard InChI is InChI=1S/C17H12O/c18-12-13-9-10-17-15(11-13)7-4-8-16(17)14-5-2-1-3-6-14/h1-12H. The van der Waals surface area contributed by atoms with Gasteiger partial charge < -0.3 is 0 Å². The quantitative estimate of drug-likeness (QED) is 0.601. The number of benzene rings is 3. The third-order valence-corrected chi connectivity index (χ3v) is 3.13. The zero-order valence-electron chi connectivity index (χ0n) is 9.84. The third-order valence-electron chi connectivity index (χ3n) is 3.13. The molecule has 3 aromatic carbocycles. The summed E-state index contributed by atoms with van der Waals surface area (Å²) in [4.78, 5) is 10.8. The van der Waals surface area contributed by atoms with Gasteiger partial charge in [0, 0.05) is 5.56 Å². The van der Waals surface area contributed by atoms with E-state index in [0.29, 0.717) is 5.56 Å². The van der Waals surface area contributed by atoms with Gasteiger partial charge in [0.15, 0.2) is 0 Å². The summed E-state index contributed by atoms with van der Waals surface area (Å²) in [6.45, 7) is 0. The molecule has 0 aliphatic heterocycles. The van der Waals surface area contributed by atoms with Gasteiger partial charge in [0.05, 0.1) is 0 Å². The van der Waals surface area contributed by atoms with E-state index in [9.17, 15) is 4.79 Å². The molecule has 0 N–H and O–H groups in total. The third kappa shape index (κ3) is 1.80. The minimum absolute atomic E-state index is 0.715. The monoisotopic (exact) mass is 232 g/mol. The van der Waals surface area contributed by atoms with E-state index in [0.717, 1.165) is 11.7 Å². The summed E-state index contributed by atoms with van der Waals surface area (Å²) >= 11 is 0. The zero-order chi connectivity index (χ0) is 12.4. The molecule has 0 heterocycles. The van der Waals surface area contributed by atoms with Crippen LogP contribution in [0, 0.1) is 0 Å². The number of carbonyl (C=O) groups is 1. The molecule has 0 aliphatic rings.